The van der Waals surface area contributed by atoms with Crippen LogP contribution < -0.4 is 4.74 Å². The van der Waals surface area contributed by atoms with Crippen LogP contribution in [0.25, 0.3) is 0 Å². The van der Waals surface area contributed by atoms with E-state index in [4.69, 9.17) is 0 Å². The number of alkyl halides is 3. The molecule has 0 amide bonds. The zero-order valence-electron chi connectivity index (χ0n) is 8.46. The minimum absolute atomic E-state index is 0.139. The van der Waals surface area contributed by atoms with Crippen molar-refractivity contribution in [1.29, 1.82) is 0 Å². The Morgan fingerprint density at radius 2 is 2.06 bits per heavy atom. The number of carbonyl (C=O) groups is 1. The third kappa shape index (κ3) is 3.13. The lowest BCUT2D eigenvalue weighted by atomic mass is 10.3. The Bertz CT molecular complexity index is 406. The minimum atomic E-state index is -4.60. The molecule has 16 heavy (non-hydrogen) atoms. The molecule has 0 aliphatic heterocycles. The van der Waals surface area contributed by atoms with Gasteiger partial charge < -0.3 is 4.74 Å². The molecule has 3 nitrogen and oxygen atoms in total. The molecule has 7 heteroatoms. The molecule has 0 aliphatic carbocycles. The van der Waals surface area contributed by atoms with Crippen LogP contribution in [-0.4, -0.2) is 17.2 Å². The second kappa shape index (κ2) is 4.73. The first-order valence-corrected chi connectivity index (χ1v) is 4.97. The Morgan fingerprint density at radius 3 is 2.50 bits per heavy atom. The number of hydrogen-bond acceptors (Lipinski definition) is 4. The summed E-state index contributed by atoms with van der Waals surface area (Å²) >= 11 is 0.494. The Balaban J connectivity index is 3.22. The average Bonchev–Trinajstić information content (AvgIpc) is 2.15. The van der Waals surface area contributed by atoms with Gasteiger partial charge in [0.05, 0.1) is 7.11 Å². The largest absolute Gasteiger partial charge is 0.481 e. The van der Waals surface area contributed by atoms with Gasteiger partial charge in [0.1, 0.15) is 0 Å². The highest BCUT2D eigenvalue weighted by atomic mass is 32.2. The Hall–Kier alpha value is -1.24. The SMILES string of the molecule is COc1ccc(SC(C)=O)c(C(F)(F)F)n1. The smallest absolute Gasteiger partial charge is 0.434 e. The van der Waals surface area contributed by atoms with E-state index in [-0.39, 0.29) is 10.8 Å². The van der Waals surface area contributed by atoms with Crippen LogP contribution >= 0.6 is 11.8 Å². The van der Waals surface area contributed by atoms with E-state index in [9.17, 15) is 18.0 Å². The third-order valence-electron chi connectivity index (χ3n) is 1.56. The number of rotatable bonds is 2. The first-order chi connectivity index (χ1) is 7.34. The van der Waals surface area contributed by atoms with Gasteiger partial charge in [-0.3, -0.25) is 4.79 Å². The summed E-state index contributed by atoms with van der Waals surface area (Å²) in [5.41, 5.74) is -1.10. The van der Waals surface area contributed by atoms with E-state index in [0.717, 1.165) is 0 Å². The highest BCUT2D eigenvalue weighted by Crippen LogP contribution is 2.36. The Labute approximate surface area is 94.0 Å². The highest BCUT2D eigenvalue weighted by Gasteiger charge is 2.36. The molecular formula is C9H8F3NO2S. The number of thioether (sulfide) groups is 1. The Morgan fingerprint density at radius 1 is 1.44 bits per heavy atom. The minimum Gasteiger partial charge on any atom is -0.481 e. The number of aromatic nitrogens is 1. The number of ether oxygens (including phenoxy) is 1. The fraction of sp³-hybridized carbons (Fsp3) is 0.333. The highest BCUT2D eigenvalue weighted by molar-refractivity contribution is 8.13. The van der Waals surface area contributed by atoms with Gasteiger partial charge in [-0.2, -0.15) is 13.2 Å². The molecule has 0 N–H and O–H groups in total. The molecule has 0 spiro atoms. The number of halogens is 3. The van der Waals surface area contributed by atoms with Crippen LogP contribution in [0.1, 0.15) is 12.6 Å². The Kier molecular flexibility index (Phi) is 3.79. The van der Waals surface area contributed by atoms with E-state index in [1.165, 1.54) is 26.2 Å². The molecule has 1 aromatic rings. The summed E-state index contributed by atoms with van der Waals surface area (Å²) in [6.07, 6.45) is -4.60. The van der Waals surface area contributed by atoms with Gasteiger partial charge in [-0.15, -0.1) is 0 Å². The van der Waals surface area contributed by atoms with Crippen molar-refractivity contribution in [2.75, 3.05) is 7.11 Å². The molecule has 1 rings (SSSR count). The normalized spacial score (nSPS) is 11.3. The molecule has 0 aliphatic rings. The molecule has 0 unspecified atom stereocenters. The predicted molar refractivity (Wildman–Crippen MR) is 52.3 cm³/mol. The van der Waals surface area contributed by atoms with Crippen molar-refractivity contribution >= 4 is 16.9 Å². The number of pyridine rings is 1. The number of methoxy groups -OCH3 is 1. The van der Waals surface area contributed by atoms with Gasteiger partial charge in [-0.05, 0) is 17.8 Å². The van der Waals surface area contributed by atoms with Crippen molar-refractivity contribution in [1.82, 2.24) is 4.98 Å². The molecule has 0 saturated heterocycles. The number of nitrogens with zero attached hydrogens (tertiary/aromatic N) is 1. The first kappa shape index (κ1) is 12.8. The van der Waals surface area contributed by atoms with Gasteiger partial charge in [-0.1, -0.05) is 0 Å². The van der Waals surface area contributed by atoms with Gasteiger partial charge in [0.25, 0.3) is 0 Å². The van der Waals surface area contributed by atoms with Crippen LogP contribution in [0, 0.1) is 0 Å². The van der Waals surface area contributed by atoms with Crippen LogP contribution in [0.15, 0.2) is 17.0 Å². The maximum absolute atomic E-state index is 12.6. The topological polar surface area (TPSA) is 39.2 Å². The molecule has 1 aromatic heterocycles. The molecule has 0 bridgehead atoms. The van der Waals surface area contributed by atoms with Crippen molar-refractivity contribution in [3.63, 3.8) is 0 Å². The fourth-order valence-corrected chi connectivity index (χ4v) is 1.69. The zero-order valence-corrected chi connectivity index (χ0v) is 9.28. The lowest BCUT2D eigenvalue weighted by Gasteiger charge is -2.11. The second-order valence-electron chi connectivity index (χ2n) is 2.79. The van der Waals surface area contributed by atoms with E-state index in [0.29, 0.717) is 11.8 Å². The van der Waals surface area contributed by atoms with Gasteiger partial charge in [0.15, 0.2) is 10.8 Å². The molecule has 0 radical (unpaired) electrons. The average molecular weight is 251 g/mol. The summed E-state index contributed by atoms with van der Waals surface area (Å²) in [6, 6.07) is 2.45. The van der Waals surface area contributed by atoms with Gasteiger partial charge in [0, 0.05) is 17.9 Å². The number of hydrogen-bond donors (Lipinski definition) is 0. The van der Waals surface area contributed by atoms with E-state index in [1.54, 1.807) is 0 Å². The van der Waals surface area contributed by atoms with Crippen LogP contribution in [0.3, 0.4) is 0 Å². The predicted octanol–water partition coefficient (Wildman–Crippen LogP) is 2.75. The van der Waals surface area contributed by atoms with Crippen LogP contribution in [0.4, 0.5) is 13.2 Å². The summed E-state index contributed by atoms with van der Waals surface area (Å²) < 4.78 is 42.3. The molecule has 0 saturated carbocycles. The zero-order chi connectivity index (χ0) is 12.3. The van der Waals surface area contributed by atoms with Crippen molar-refractivity contribution in [3.8, 4) is 5.88 Å². The fourth-order valence-electron chi connectivity index (χ4n) is 0.982. The summed E-state index contributed by atoms with van der Waals surface area (Å²) in [5, 5.41) is -0.433. The van der Waals surface area contributed by atoms with Gasteiger partial charge >= 0.3 is 6.18 Å². The van der Waals surface area contributed by atoms with E-state index in [2.05, 4.69) is 9.72 Å². The van der Waals surface area contributed by atoms with Crippen molar-refractivity contribution in [3.05, 3.63) is 17.8 Å². The van der Waals surface area contributed by atoms with Crippen LogP contribution in [-0.2, 0) is 11.0 Å². The quantitative estimate of drug-likeness (QED) is 0.758. The molecule has 0 aromatic carbocycles. The molecule has 88 valence electrons. The molecule has 0 atom stereocenters. The van der Waals surface area contributed by atoms with E-state index in [1.807, 2.05) is 0 Å². The van der Waals surface area contributed by atoms with E-state index >= 15 is 0 Å². The van der Waals surface area contributed by atoms with Crippen LogP contribution in [0.2, 0.25) is 0 Å². The molecular weight excluding hydrogens is 243 g/mol. The second-order valence-corrected chi connectivity index (χ2v) is 4.01. The summed E-state index contributed by atoms with van der Waals surface area (Å²) in [5.74, 6) is -0.139. The summed E-state index contributed by atoms with van der Waals surface area (Å²) in [4.78, 5) is 13.9. The summed E-state index contributed by atoms with van der Waals surface area (Å²) in [7, 11) is 1.22. The van der Waals surface area contributed by atoms with Crippen LogP contribution in [0.5, 0.6) is 5.88 Å². The van der Waals surface area contributed by atoms with Crippen molar-refractivity contribution in [2.24, 2.45) is 0 Å². The number of carbonyl (C=O) groups excluding carboxylic acids is 1. The maximum Gasteiger partial charge on any atom is 0.434 e. The lowest BCUT2D eigenvalue weighted by Crippen LogP contribution is -2.11. The third-order valence-corrected chi connectivity index (χ3v) is 2.40. The van der Waals surface area contributed by atoms with E-state index < -0.39 is 17.0 Å². The lowest BCUT2D eigenvalue weighted by molar-refractivity contribution is -0.143. The summed E-state index contributed by atoms with van der Waals surface area (Å²) in [6.45, 7) is 1.19. The molecule has 1 heterocycles. The van der Waals surface area contributed by atoms with Crippen molar-refractivity contribution in [2.45, 2.75) is 18.0 Å². The maximum atomic E-state index is 12.6. The van der Waals surface area contributed by atoms with Gasteiger partial charge in [0.2, 0.25) is 5.88 Å². The standard InChI is InChI=1S/C9H8F3NO2S/c1-5(14)16-6-3-4-7(15-2)13-8(6)9(10,11)12/h3-4H,1-2H3. The molecule has 0 fully saturated rings. The van der Waals surface area contributed by atoms with Crippen molar-refractivity contribution < 1.29 is 22.7 Å². The monoisotopic (exact) mass is 251 g/mol. The van der Waals surface area contributed by atoms with Gasteiger partial charge in [-0.25, -0.2) is 4.98 Å². The first-order valence-electron chi connectivity index (χ1n) is 4.15.